The van der Waals surface area contributed by atoms with Crippen LogP contribution in [-0.2, 0) is 19.4 Å². The number of anilines is 1. The van der Waals surface area contributed by atoms with Crippen molar-refractivity contribution < 1.29 is 23.1 Å². The maximum absolute atomic E-state index is 12.1. The van der Waals surface area contributed by atoms with Gasteiger partial charge in [0.05, 0.1) is 23.3 Å². The fourth-order valence-electron chi connectivity index (χ4n) is 2.36. The van der Waals surface area contributed by atoms with Crippen molar-refractivity contribution in [2.45, 2.75) is 23.0 Å². The topological polar surface area (TPSA) is 104 Å². The van der Waals surface area contributed by atoms with Crippen LogP contribution in [0.4, 0.5) is 5.69 Å². The monoisotopic (exact) mass is 336 g/mol. The third-order valence-corrected chi connectivity index (χ3v) is 6.04. The number of carbonyl (C=O) groups is 2. The number of hydrogen-bond acceptors (Lipinski definition) is 6. The Bertz CT molecular complexity index is 779. The van der Waals surface area contributed by atoms with Gasteiger partial charge in [-0.25, -0.2) is 8.42 Å². The van der Waals surface area contributed by atoms with Crippen molar-refractivity contribution in [2.75, 3.05) is 18.5 Å². The van der Waals surface area contributed by atoms with Gasteiger partial charge in [-0.05, 0) is 37.1 Å². The van der Waals surface area contributed by atoms with Gasteiger partial charge in [-0.3, -0.25) is 14.5 Å². The molecule has 0 bridgehead atoms. The normalized spacial score (nSPS) is 18.3. The molecule has 1 aromatic carbocycles. The van der Waals surface area contributed by atoms with Gasteiger partial charge >= 0.3 is 0 Å². The molecule has 7 nitrogen and oxygen atoms in total. The molecule has 0 spiro atoms. The van der Waals surface area contributed by atoms with E-state index in [1.54, 1.807) is 12.1 Å². The molecule has 0 atom stereocenters. The Kier molecular flexibility index (Phi) is 3.95. The highest BCUT2D eigenvalue weighted by Gasteiger charge is 2.36. The number of β-amino-alcohol motifs (C(OH)–C–C–N with tert-alkyl or cyclic N) is 1. The molecule has 1 aliphatic carbocycles. The summed E-state index contributed by atoms with van der Waals surface area (Å²) >= 11 is 0. The number of sulfone groups is 1. The lowest BCUT2D eigenvalue weighted by atomic mass is 10.3. The molecule has 0 saturated heterocycles. The molecule has 8 heteroatoms. The zero-order valence-corrected chi connectivity index (χ0v) is 13.0. The van der Waals surface area contributed by atoms with E-state index in [2.05, 4.69) is 5.32 Å². The molecule has 1 saturated carbocycles. The maximum atomic E-state index is 12.1. The van der Waals surface area contributed by atoms with Gasteiger partial charge in [0, 0.05) is 11.8 Å². The van der Waals surface area contributed by atoms with Crippen LogP contribution < -0.4 is 5.32 Å². The number of carbonyl (C=O) groups excluding carboxylic acids is 2. The van der Waals surface area contributed by atoms with Crippen LogP contribution in [0, 0.1) is 0 Å². The van der Waals surface area contributed by atoms with Gasteiger partial charge in [-0.15, -0.1) is 0 Å². The van der Waals surface area contributed by atoms with Gasteiger partial charge in [-0.2, -0.15) is 0 Å². The number of amides is 2. The predicted molar refractivity (Wildman–Crippen MR) is 82.2 cm³/mol. The van der Waals surface area contributed by atoms with Crippen LogP contribution in [0.5, 0.6) is 0 Å². The molecule has 3 rings (SSSR count). The van der Waals surface area contributed by atoms with E-state index in [4.69, 9.17) is 5.11 Å². The van der Waals surface area contributed by atoms with Gasteiger partial charge < -0.3 is 10.4 Å². The van der Waals surface area contributed by atoms with Crippen LogP contribution in [0.15, 0.2) is 40.9 Å². The summed E-state index contributed by atoms with van der Waals surface area (Å²) in [5.74, 6) is -1.00. The third-order valence-electron chi connectivity index (χ3n) is 3.76. The first-order valence-electron chi connectivity index (χ1n) is 7.23. The smallest absolute Gasteiger partial charge is 0.277 e. The van der Waals surface area contributed by atoms with Crippen molar-refractivity contribution in [3.05, 3.63) is 36.0 Å². The molecule has 0 radical (unpaired) electrons. The van der Waals surface area contributed by atoms with Crippen molar-refractivity contribution in [3.8, 4) is 0 Å². The number of aliphatic hydroxyl groups is 1. The first-order valence-corrected chi connectivity index (χ1v) is 8.77. The molecular weight excluding hydrogens is 320 g/mol. The Morgan fingerprint density at radius 3 is 2.39 bits per heavy atom. The number of aliphatic hydroxyl groups excluding tert-OH is 1. The van der Waals surface area contributed by atoms with Crippen LogP contribution in [0.1, 0.15) is 12.8 Å². The fraction of sp³-hybridized carbons (Fsp3) is 0.333. The van der Waals surface area contributed by atoms with Gasteiger partial charge in [0.15, 0.2) is 9.84 Å². The molecule has 1 aromatic rings. The zero-order valence-electron chi connectivity index (χ0n) is 12.2. The third kappa shape index (κ3) is 2.99. The Hall–Kier alpha value is -2.19. The van der Waals surface area contributed by atoms with E-state index in [9.17, 15) is 18.0 Å². The van der Waals surface area contributed by atoms with Gasteiger partial charge in [0.2, 0.25) is 0 Å². The largest absolute Gasteiger partial charge is 0.395 e. The molecule has 23 heavy (non-hydrogen) atoms. The van der Waals surface area contributed by atoms with Crippen molar-refractivity contribution in [2.24, 2.45) is 0 Å². The van der Waals surface area contributed by atoms with E-state index in [1.165, 1.54) is 12.1 Å². The molecule has 2 N–H and O–H groups in total. The number of rotatable bonds is 6. The Balaban J connectivity index is 1.73. The zero-order chi connectivity index (χ0) is 16.6. The lowest BCUT2D eigenvalue weighted by molar-refractivity contribution is -0.137. The highest BCUT2D eigenvalue weighted by atomic mass is 32.2. The quantitative estimate of drug-likeness (QED) is 0.723. The molecule has 0 aromatic heterocycles. The summed E-state index contributed by atoms with van der Waals surface area (Å²) < 4.78 is 24.2. The van der Waals surface area contributed by atoms with Crippen LogP contribution in [0.2, 0.25) is 0 Å². The van der Waals surface area contributed by atoms with Crippen LogP contribution in [0.3, 0.4) is 0 Å². The molecular formula is C15H16N2O5S. The fourth-order valence-corrected chi connectivity index (χ4v) is 4.02. The number of nitrogens with zero attached hydrogens (tertiary/aromatic N) is 1. The van der Waals surface area contributed by atoms with Gasteiger partial charge in [0.25, 0.3) is 11.8 Å². The minimum Gasteiger partial charge on any atom is -0.395 e. The lowest BCUT2D eigenvalue weighted by Crippen LogP contribution is -2.34. The predicted octanol–water partition coefficient (Wildman–Crippen LogP) is 0.280. The first-order chi connectivity index (χ1) is 10.9. The van der Waals surface area contributed by atoms with E-state index >= 15 is 0 Å². The summed E-state index contributed by atoms with van der Waals surface area (Å²) in [6.07, 6.45) is 2.56. The summed E-state index contributed by atoms with van der Waals surface area (Å²) in [4.78, 5) is 24.8. The SMILES string of the molecule is O=C1C=C(Nc2ccc(S(=O)(=O)C3CC3)cc2)C(=O)N1CCO. The highest BCUT2D eigenvalue weighted by Crippen LogP contribution is 2.33. The number of benzene rings is 1. The van der Waals surface area contributed by atoms with Crippen molar-refractivity contribution in [3.63, 3.8) is 0 Å². The molecule has 0 unspecified atom stereocenters. The summed E-state index contributed by atoms with van der Waals surface area (Å²) in [6.45, 7) is -0.357. The molecule has 1 heterocycles. The highest BCUT2D eigenvalue weighted by molar-refractivity contribution is 7.92. The molecule has 2 aliphatic rings. The standard InChI is InChI=1S/C15H16N2O5S/c18-8-7-17-14(19)9-13(15(17)20)16-10-1-3-11(4-2-10)23(21,22)12-5-6-12/h1-4,9,12,16,18H,5-8H2. The number of hydrogen-bond donors (Lipinski definition) is 2. The van der Waals surface area contributed by atoms with E-state index in [-0.39, 0.29) is 29.0 Å². The maximum Gasteiger partial charge on any atom is 0.277 e. The van der Waals surface area contributed by atoms with E-state index in [1.807, 2.05) is 0 Å². The minimum atomic E-state index is -3.24. The van der Waals surface area contributed by atoms with Crippen molar-refractivity contribution in [1.29, 1.82) is 0 Å². The average Bonchev–Trinajstić information content (AvgIpc) is 3.33. The average molecular weight is 336 g/mol. The first kappa shape index (κ1) is 15.7. The van der Waals surface area contributed by atoms with Crippen LogP contribution >= 0.6 is 0 Å². The van der Waals surface area contributed by atoms with Crippen LogP contribution in [-0.4, -0.2) is 48.6 Å². The van der Waals surface area contributed by atoms with E-state index < -0.39 is 21.7 Å². The summed E-state index contributed by atoms with van der Waals surface area (Å²) in [6, 6.07) is 6.09. The van der Waals surface area contributed by atoms with Crippen molar-refractivity contribution >= 4 is 27.3 Å². The molecule has 1 aliphatic heterocycles. The Labute approximate surface area is 133 Å². The van der Waals surface area contributed by atoms with Gasteiger partial charge in [-0.1, -0.05) is 0 Å². The van der Waals surface area contributed by atoms with E-state index in [0.29, 0.717) is 18.5 Å². The van der Waals surface area contributed by atoms with Crippen molar-refractivity contribution in [1.82, 2.24) is 4.90 Å². The van der Waals surface area contributed by atoms with Crippen LogP contribution in [0.25, 0.3) is 0 Å². The minimum absolute atomic E-state index is 0.0576. The van der Waals surface area contributed by atoms with Gasteiger partial charge in [0.1, 0.15) is 5.70 Å². The second-order valence-electron chi connectivity index (χ2n) is 5.47. The Morgan fingerprint density at radius 2 is 1.83 bits per heavy atom. The molecule has 2 amide bonds. The molecule has 122 valence electrons. The molecule has 1 fully saturated rings. The summed E-state index contributed by atoms with van der Waals surface area (Å²) in [7, 11) is -3.24. The lowest BCUT2D eigenvalue weighted by Gasteiger charge is -2.13. The number of imide groups is 1. The Morgan fingerprint density at radius 1 is 1.17 bits per heavy atom. The second kappa shape index (κ2) is 5.78. The summed E-state index contributed by atoms with van der Waals surface area (Å²) in [5, 5.41) is 11.4. The van der Waals surface area contributed by atoms with E-state index in [0.717, 1.165) is 11.0 Å². The number of nitrogens with one attached hydrogen (secondary N) is 1. The summed E-state index contributed by atoms with van der Waals surface area (Å²) in [5.41, 5.74) is 0.610. The second-order valence-corrected chi connectivity index (χ2v) is 7.70.